The molecule has 1 aromatic heterocycles. The van der Waals surface area contributed by atoms with Crippen molar-refractivity contribution in [3.05, 3.63) is 23.7 Å². The van der Waals surface area contributed by atoms with Crippen LogP contribution in [0.2, 0.25) is 0 Å². The lowest BCUT2D eigenvalue weighted by Crippen LogP contribution is -2.56. The summed E-state index contributed by atoms with van der Waals surface area (Å²) in [5.74, 6) is 1.82. The highest BCUT2D eigenvalue weighted by atomic mass is 16.5. The quantitative estimate of drug-likeness (QED) is 0.895. The molecule has 0 amide bonds. The highest BCUT2D eigenvalue weighted by Crippen LogP contribution is 2.29. The van der Waals surface area contributed by atoms with Crippen molar-refractivity contribution < 1.29 is 9.15 Å². The minimum absolute atomic E-state index is 0.120. The van der Waals surface area contributed by atoms with Gasteiger partial charge in [0.2, 0.25) is 0 Å². The average molecular weight is 252 g/mol. The molecule has 0 aromatic carbocycles. The van der Waals surface area contributed by atoms with E-state index in [1.165, 1.54) is 0 Å². The number of nitrogens with zero attached hydrogens (tertiary/aromatic N) is 1. The fourth-order valence-corrected chi connectivity index (χ4v) is 2.89. The van der Waals surface area contributed by atoms with Crippen LogP contribution in [0.1, 0.15) is 39.2 Å². The van der Waals surface area contributed by atoms with Crippen molar-refractivity contribution in [3.63, 3.8) is 0 Å². The summed E-state index contributed by atoms with van der Waals surface area (Å²) >= 11 is 0. The topological polar surface area (TPSA) is 51.6 Å². The van der Waals surface area contributed by atoms with Crippen molar-refractivity contribution >= 4 is 0 Å². The van der Waals surface area contributed by atoms with Crippen LogP contribution in [0.4, 0.5) is 0 Å². The van der Waals surface area contributed by atoms with Crippen molar-refractivity contribution in [2.75, 3.05) is 13.1 Å². The summed E-state index contributed by atoms with van der Waals surface area (Å²) in [6, 6.07) is 3.96. The van der Waals surface area contributed by atoms with Crippen LogP contribution in [0.5, 0.6) is 0 Å². The number of ether oxygens (including phenoxy) is 1. The van der Waals surface area contributed by atoms with Crippen LogP contribution in [0.3, 0.4) is 0 Å². The molecule has 0 unspecified atom stereocenters. The molecule has 0 saturated carbocycles. The second-order valence-electron chi connectivity index (χ2n) is 6.34. The third-order valence-electron chi connectivity index (χ3n) is 3.06. The number of furan rings is 1. The molecule has 1 saturated heterocycles. The predicted octanol–water partition coefficient (Wildman–Crippen LogP) is 2.13. The first-order valence-corrected chi connectivity index (χ1v) is 6.50. The molecule has 0 atom stereocenters. The molecule has 2 heterocycles. The highest BCUT2D eigenvalue weighted by Gasteiger charge is 2.38. The molecule has 1 aromatic rings. The molecule has 0 aliphatic carbocycles. The first kappa shape index (κ1) is 13.6. The molecule has 4 heteroatoms. The maximum absolute atomic E-state index is 6.06. The summed E-state index contributed by atoms with van der Waals surface area (Å²) < 4.78 is 11.7. The van der Waals surface area contributed by atoms with E-state index in [0.717, 1.165) is 31.2 Å². The molecule has 1 aliphatic rings. The summed E-state index contributed by atoms with van der Waals surface area (Å²) in [6.45, 7) is 11.6. The normalized spacial score (nSPS) is 23.2. The number of morpholine rings is 1. The Morgan fingerprint density at radius 2 is 1.67 bits per heavy atom. The Bertz CT molecular complexity index is 394. The van der Waals surface area contributed by atoms with Gasteiger partial charge in [-0.3, -0.25) is 4.90 Å². The van der Waals surface area contributed by atoms with Gasteiger partial charge >= 0.3 is 0 Å². The highest BCUT2D eigenvalue weighted by molar-refractivity contribution is 5.07. The van der Waals surface area contributed by atoms with Crippen LogP contribution in [-0.2, 0) is 17.8 Å². The van der Waals surface area contributed by atoms with Crippen LogP contribution in [-0.4, -0.2) is 29.2 Å². The maximum atomic E-state index is 6.06. The van der Waals surface area contributed by atoms with E-state index in [1.54, 1.807) is 0 Å². The van der Waals surface area contributed by atoms with Crippen molar-refractivity contribution in [2.45, 2.75) is 52.0 Å². The Hall–Kier alpha value is -0.840. The average Bonchev–Trinajstić information content (AvgIpc) is 2.60. The Labute approximate surface area is 109 Å². The van der Waals surface area contributed by atoms with Gasteiger partial charge in [0.15, 0.2) is 0 Å². The lowest BCUT2D eigenvalue weighted by molar-refractivity contribution is -0.182. The molecule has 2 N–H and O–H groups in total. The molecule has 0 spiro atoms. The third kappa shape index (κ3) is 3.34. The third-order valence-corrected chi connectivity index (χ3v) is 3.06. The largest absolute Gasteiger partial charge is 0.463 e. The van der Waals surface area contributed by atoms with Crippen molar-refractivity contribution in [2.24, 2.45) is 5.73 Å². The zero-order valence-electron chi connectivity index (χ0n) is 11.8. The first-order valence-electron chi connectivity index (χ1n) is 6.50. The van der Waals surface area contributed by atoms with Crippen LogP contribution < -0.4 is 5.73 Å². The van der Waals surface area contributed by atoms with Gasteiger partial charge < -0.3 is 14.9 Å². The lowest BCUT2D eigenvalue weighted by Gasteiger charge is -2.47. The van der Waals surface area contributed by atoms with Gasteiger partial charge in [-0.15, -0.1) is 0 Å². The fraction of sp³-hybridized carbons (Fsp3) is 0.714. The van der Waals surface area contributed by atoms with Crippen molar-refractivity contribution in [3.8, 4) is 0 Å². The van der Waals surface area contributed by atoms with Crippen LogP contribution in [0.15, 0.2) is 16.5 Å². The molecule has 1 aliphatic heterocycles. The van der Waals surface area contributed by atoms with Gasteiger partial charge in [0.25, 0.3) is 0 Å². The van der Waals surface area contributed by atoms with E-state index < -0.39 is 0 Å². The van der Waals surface area contributed by atoms with E-state index in [1.807, 2.05) is 12.1 Å². The van der Waals surface area contributed by atoms with Crippen molar-refractivity contribution in [1.82, 2.24) is 4.90 Å². The molecular weight excluding hydrogens is 228 g/mol. The summed E-state index contributed by atoms with van der Waals surface area (Å²) in [5, 5.41) is 0. The predicted molar refractivity (Wildman–Crippen MR) is 71.1 cm³/mol. The first-order chi connectivity index (χ1) is 8.30. The lowest BCUT2D eigenvalue weighted by atomic mass is 9.99. The molecule has 0 bridgehead atoms. The van der Waals surface area contributed by atoms with E-state index in [2.05, 4.69) is 32.6 Å². The SMILES string of the molecule is CC1(C)CN(Cc2ccc(CN)o2)CC(C)(C)O1. The van der Waals surface area contributed by atoms with E-state index in [9.17, 15) is 0 Å². The molecule has 2 rings (SSSR count). The second kappa shape index (κ2) is 4.68. The minimum Gasteiger partial charge on any atom is -0.463 e. The zero-order chi connectivity index (χ0) is 13.4. The Morgan fingerprint density at radius 3 is 2.17 bits per heavy atom. The van der Waals surface area contributed by atoms with Gasteiger partial charge in [-0.05, 0) is 39.8 Å². The molecule has 1 fully saturated rings. The Balaban J connectivity index is 2.04. The van der Waals surface area contributed by atoms with Gasteiger partial charge in [0, 0.05) is 13.1 Å². The van der Waals surface area contributed by atoms with Gasteiger partial charge in [-0.25, -0.2) is 0 Å². The van der Waals surface area contributed by atoms with Gasteiger partial charge in [0.1, 0.15) is 11.5 Å². The Kier molecular flexibility index (Phi) is 3.54. The van der Waals surface area contributed by atoms with Crippen molar-refractivity contribution in [1.29, 1.82) is 0 Å². The molecule has 0 radical (unpaired) electrons. The zero-order valence-corrected chi connectivity index (χ0v) is 11.8. The van der Waals surface area contributed by atoms with Crippen LogP contribution in [0, 0.1) is 0 Å². The summed E-state index contributed by atoms with van der Waals surface area (Å²) in [5.41, 5.74) is 5.32. The standard InChI is InChI=1S/C14H24N2O2/c1-13(2)9-16(10-14(3,4)18-13)8-12-6-5-11(7-15)17-12/h5-6H,7-10,15H2,1-4H3. The molecule has 18 heavy (non-hydrogen) atoms. The molecular formula is C14H24N2O2. The maximum Gasteiger partial charge on any atom is 0.118 e. The van der Waals surface area contributed by atoms with E-state index in [4.69, 9.17) is 14.9 Å². The second-order valence-corrected chi connectivity index (χ2v) is 6.34. The molecule has 102 valence electrons. The smallest absolute Gasteiger partial charge is 0.118 e. The number of nitrogens with two attached hydrogens (primary N) is 1. The number of hydrogen-bond acceptors (Lipinski definition) is 4. The monoisotopic (exact) mass is 252 g/mol. The van der Waals surface area contributed by atoms with Gasteiger partial charge in [-0.1, -0.05) is 0 Å². The minimum atomic E-state index is -0.120. The Morgan fingerprint density at radius 1 is 1.11 bits per heavy atom. The van der Waals surface area contributed by atoms with E-state index >= 15 is 0 Å². The fourth-order valence-electron chi connectivity index (χ4n) is 2.89. The van der Waals surface area contributed by atoms with E-state index in [-0.39, 0.29) is 11.2 Å². The van der Waals surface area contributed by atoms with Gasteiger partial charge in [-0.2, -0.15) is 0 Å². The van der Waals surface area contributed by atoms with Gasteiger partial charge in [0.05, 0.1) is 24.3 Å². The number of hydrogen-bond donors (Lipinski definition) is 1. The summed E-state index contributed by atoms with van der Waals surface area (Å²) in [4.78, 5) is 2.38. The summed E-state index contributed by atoms with van der Waals surface area (Å²) in [7, 11) is 0. The van der Waals surface area contributed by atoms with Crippen LogP contribution in [0.25, 0.3) is 0 Å². The van der Waals surface area contributed by atoms with Crippen LogP contribution >= 0.6 is 0 Å². The summed E-state index contributed by atoms with van der Waals surface area (Å²) in [6.07, 6.45) is 0. The number of rotatable bonds is 3. The molecule has 4 nitrogen and oxygen atoms in total. The van der Waals surface area contributed by atoms with E-state index in [0.29, 0.717) is 6.54 Å².